The number of hydrogen-bond donors (Lipinski definition) is 1. The number of fused-ring (bicyclic) bond motifs is 3. The highest BCUT2D eigenvalue weighted by Gasteiger charge is 2.48. The van der Waals surface area contributed by atoms with Crippen molar-refractivity contribution in [1.29, 1.82) is 0 Å². The Morgan fingerprint density at radius 1 is 1.19 bits per heavy atom. The van der Waals surface area contributed by atoms with Crippen LogP contribution in [0.5, 0.6) is 0 Å². The molecule has 2 heterocycles. The third-order valence-corrected chi connectivity index (χ3v) is 8.30. The van der Waals surface area contributed by atoms with Gasteiger partial charge in [0, 0.05) is 4.70 Å². The van der Waals surface area contributed by atoms with E-state index < -0.39 is 6.10 Å². The summed E-state index contributed by atoms with van der Waals surface area (Å²) in [5.74, 6) is -0.0802. The maximum Gasteiger partial charge on any atom is 0.123 e. The summed E-state index contributed by atoms with van der Waals surface area (Å²) in [6.07, 6.45) is 6.52. The number of aliphatic hydroxyl groups excluding tert-OH is 1. The number of nitrogens with zero attached hydrogens (tertiary/aromatic N) is 2. The van der Waals surface area contributed by atoms with Crippen LogP contribution in [0, 0.1) is 17.2 Å². The van der Waals surface area contributed by atoms with E-state index in [1.54, 1.807) is 23.5 Å². The molecule has 0 bridgehead atoms. The first-order valence-corrected chi connectivity index (χ1v) is 11.6. The molecule has 0 spiro atoms. The maximum absolute atomic E-state index is 13.4. The fraction of sp³-hybridized carbons (Fsp3) is 0.269. The zero-order valence-electron chi connectivity index (χ0n) is 17.3. The summed E-state index contributed by atoms with van der Waals surface area (Å²) in [4.78, 5) is 0. The number of allylic oxidation sites excluding steroid dienone is 1. The molecule has 6 rings (SSSR count). The van der Waals surface area contributed by atoms with Crippen molar-refractivity contribution in [3.8, 4) is 5.69 Å². The fourth-order valence-corrected chi connectivity index (χ4v) is 6.61. The smallest absolute Gasteiger partial charge is 0.123 e. The lowest BCUT2D eigenvalue weighted by atomic mass is 9.67. The summed E-state index contributed by atoms with van der Waals surface area (Å²) in [6.45, 7) is 2.30. The van der Waals surface area contributed by atoms with E-state index in [0.29, 0.717) is 0 Å². The van der Waals surface area contributed by atoms with Crippen LogP contribution in [0.15, 0.2) is 65.7 Å². The number of halogens is 1. The van der Waals surface area contributed by atoms with Crippen LogP contribution in [-0.4, -0.2) is 14.9 Å². The van der Waals surface area contributed by atoms with E-state index in [1.807, 2.05) is 23.0 Å². The van der Waals surface area contributed by atoms with Gasteiger partial charge in [-0.3, -0.25) is 0 Å². The Balaban J connectivity index is 1.37. The predicted octanol–water partition coefficient (Wildman–Crippen LogP) is 6.32. The lowest BCUT2D eigenvalue weighted by Crippen LogP contribution is -2.32. The Kier molecular flexibility index (Phi) is 4.20. The van der Waals surface area contributed by atoms with Gasteiger partial charge in [0.2, 0.25) is 0 Å². The van der Waals surface area contributed by atoms with Crippen molar-refractivity contribution in [2.75, 3.05) is 0 Å². The second-order valence-electron chi connectivity index (χ2n) is 8.98. The van der Waals surface area contributed by atoms with Gasteiger partial charge in [0.25, 0.3) is 0 Å². The monoisotopic (exact) mass is 430 g/mol. The molecule has 1 saturated carbocycles. The molecule has 156 valence electrons. The van der Waals surface area contributed by atoms with Crippen LogP contribution < -0.4 is 0 Å². The highest BCUT2D eigenvalue weighted by atomic mass is 32.1. The number of hydrogen-bond acceptors (Lipinski definition) is 3. The van der Waals surface area contributed by atoms with Crippen molar-refractivity contribution in [3.05, 3.63) is 88.3 Å². The Morgan fingerprint density at radius 3 is 2.84 bits per heavy atom. The molecule has 31 heavy (non-hydrogen) atoms. The Bertz CT molecular complexity index is 1320. The van der Waals surface area contributed by atoms with E-state index in [2.05, 4.69) is 35.6 Å². The van der Waals surface area contributed by atoms with Gasteiger partial charge in [0.1, 0.15) is 5.82 Å². The van der Waals surface area contributed by atoms with Gasteiger partial charge in [-0.1, -0.05) is 30.7 Å². The third-order valence-electron chi connectivity index (χ3n) is 7.31. The summed E-state index contributed by atoms with van der Waals surface area (Å²) in [5, 5.41) is 19.4. The van der Waals surface area contributed by atoms with Crippen molar-refractivity contribution in [2.24, 2.45) is 11.3 Å². The van der Waals surface area contributed by atoms with Gasteiger partial charge in [-0.2, -0.15) is 5.10 Å². The Hall–Kier alpha value is -2.76. The second-order valence-corrected chi connectivity index (χ2v) is 9.90. The molecular weight excluding hydrogens is 407 g/mol. The molecule has 3 nitrogen and oxygen atoms in total. The van der Waals surface area contributed by atoms with E-state index in [-0.39, 0.29) is 17.2 Å². The van der Waals surface area contributed by atoms with Gasteiger partial charge in [-0.15, -0.1) is 11.3 Å². The molecular formula is C26H23FN2OS. The average molecular weight is 431 g/mol. The molecule has 2 aliphatic carbocycles. The van der Waals surface area contributed by atoms with E-state index in [4.69, 9.17) is 0 Å². The van der Waals surface area contributed by atoms with Crippen LogP contribution in [0.4, 0.5) is 4.39 Å². The number of aromatic nitrogens is 2. The van der Waals surface area contributed by atoms with E-state index in [1.165, 1.54) is 33.4 Å². The molecule has 2 aromatic carbocycles. The molecule has 0 aliphatic heterocycles. The average Bonchev–Trinajstić information content (AvgIpc) is 3.46. The minimum absolute atomic E-state index is 0.0912. The molecule has 2 aromatic heterocycles. The largest absolute Gasteiger partial charge is 0.388 e. The molecule has 0 saturated heterocycles. The number of rotatable bonds is 3. The predicted molar refractivity (Wildman–Crippen MR) is 123 cm³/mol. The molecule has 1 N–H and O–H groups in total. The van der Waals surface area contributed by atoms with Crippen LogP contribution in [0.25, 0.3) is 21.8 Å². The van der Waals surface area contributed by atoms with Gasteiger partial charge < -0.3 is 5.11 Å². The standard InChI is InChI=1S/C26H23FN2OS/c1-26-13-16-14-28-29(19-9-7-18(27)8-10-19)23(16)12-17(26)6-11-22(26)25(30)21-15-31-24-5-3-2-4-20(21)24/h2-5,7-10,12,14-15,22,25,30H,6,11,13H2,1H3/t22-,25-,26+/m1/s1. The maximum atomic E-state index is 13.4. The van der Waals surface area contributed by atoms with E-state index >= 15 is 0 Å². The van der Waals surface area contributed by atoms with Gasteiger partial charge >= 0.3 is 0 Å². The second kappa shape index (κ2) is 6.87. The van der Waals surface area contributed by atoms with Crippen molar-refractivity contribution < 1.29 is 9.50 Å². The third kappa shape index (κ3) is 2.83. The molecule has 1 fully saturated rings. The molecule has 0 unspecified atom stereocenters. The van der Waals surface area contributed by atoms with Crippen LogP contribution in [-0.2, 0) is 6.42 Å². The highest BCUT2D eigenvalue weighted by molar-refractivity contribution is 7.17. The fourth-order valence-electron chi connectivity index (χ4n) is 5.62. The quantitative estimate of drug-likeness (QED) is 0.413. The number of thiophene rings is 1. The zero-order valence-corrected chi connectivity index (χ0v) is 18.1. The molecule has 3 atom stereocenters. The first-order valence-electron chi connectivity index (χ1n) is 10.7. The van der Waals surface area contributed by atoms with Gasteiger partial charge in [-0.05, 0) is 88.9 Å². The van der Waals surface area contributed by atoms with Crippen LogP contribution >= 0.6 is 11.3 Å². The minimum atomic E-state index is -0.485. The van der Waals surface area contributed by atoms with E-state index in [0.717, 1.165) is 36.2 Å². The Labute approximate surface area is 184 Å². The molecule has 5 heteroatoms. The van der Waals surface area contributed by atoms with Crippen molar-refractivity contribution in [3.63, 3.8) is 0 Å². The summed E-state index contributed by atoms with van der Waals surface area (Å²) in [5.41, 5.74) is 5.47. The first-order chi connectivity index (χ1) is 15.0. The summed E-state index contributed by atoms with van der Waals surface area (Å²) in [7, 11) is 0. The normalized spacial score (nSPS) is 23.5. The molecule has 0 amide bonds. The number of aliphatic hydroxyl groups is 1. The van der Waals surface area contributed by atoms with E-state index in [9.17, 15) is 9.50 Å². The molecule has 4 aromatic rings. The highest BCUT2D eigenvalue weighted by Crippen LogP contribution is 2.57. The number of benzene rings is 2. The van der Waals surface area contributed by atoms with Crippen molar-refractivity contribution >= 4 is 27.5 Å². The van der Waals surface area contributed by atoms with Gasteiger partial charge in [0.05, 0.1) is 23.7 Å². The topological polar surface area (TPSA) is 38.0 Å². The van der Waals surface area contributed by atoms with Gasteiger partial charge in [0.15, 0.2) is 0 Å². The van der Waals surface area contributed by atoms with Crippen molar-refractivity contribution in [1.82, 2.24) is 9.78 Å². The minimum Gasteiger partial charge on any atom is -0.388 e. The Morgan fingerprint density at radius 2 is 2.00 bits per heavy atom. The summed E-state index contributed by atoms with van der Waals surface area (Å²) >= 11 is 1.71. The first kappa shape index (κ1) is 19.0. The lowest BCUT2D eigenvalue weighted by Gasteiger charge is -2.38. The lowest BCUT2D eigenvalue weighted by molar-refractivity contribution is 0.0569. The van der Waals surface area contributed by atoms with Crippen LogP contribution in [0.3, 0.4) is 0 Å². The molecule has 2 aliphatic rings. The summed E-state index contributed by atoms with van der Waals surface area (Å²) in [6, 6.07) is 14.8. The zero-order chi connectivity index (χ0) is 21.2. The molecule has 0 radical (unpaired) electrons. The summed E-state index contributed by atoms with van der Waals surface area (Å²) < 4.78 is 16.5. The SMILES string of the molecule is C[C@]12Cc3cnn(-c4ccc(F)cc4)c3C=C1CC[C@@H]2[C@H](O)c1csc2ccccc12. The van der Waals surface area contributed by atoms with Crippen LogP contribution in [0.1, 0.15) is 42.7 Å². The van der Waals surface area contributed by atoms with Crippen LogP contribution in [0.2, 0.25) is 0 Å². The van der Waals surface area contributed by atoms with Crippen molar-refractivity contribution in [2.45, 2.75) is 32.3 Å². The van der Waals surface area contributed by atoms with Gasteiger partial charge in [-0.25, -0.2) is 9.07 Å².